The van der Waals surface area contributed by atoms with E-state index in [4.69, 9.17) is 5.11 Å². The molecule has 0 bridgehead atoms. The molecule has 114 valence electrons. The highest BCUT2D eigenvalue weighted by Crippen LogP contribution is 2.29. The van der Waals surface area contributed by atoms with E-state index in [-0.39, 0.29) is 6.42 Å². The molecule has 1 N–H and O–H groups in total. The Morgan fingerprint density at radius 1 is 1.33 bits per heavy atom. The van der Waals surface area contributed by atoms with Crippen molar-refractivity contribution >= 4 is 28.6 Å². The zero-order valence-electron chi connectivity index (χ0n) is 12.3. The molecule has 6 heteroatoms. The van der Waals surface area contributed by atoms with Crippen molar-refractivity contribution in [3.05, 3.63) is 27.4 Å². The maximum atomic E-state index is 10.7. The van der Waals surface area contributed by atoms with Gasteiger partial charge in [-0.25, -0.2) is 4.98 Å². The summed E-state index contributed by atoms with van der Waals surface area (Å²) < 4.78 is 0. The number of thiazole rings is 1. The largest absolute Gasteiger partial charge is 0.481 e. The first-order valence-electron chi connectivity index (χ1n) is 7.10. The molecule has 2 rings (SSSR count). The zero-order valence-corrected chi connectivity index (χ0v) is 14.0. The van der Waals surface area contributed by atoms with E-state index in [1.165, 1.54) is 11.3 Å². The molecule has 0 atom stereocenters. The molecule has 0 amide bonds. The van der Waals surface area contributed by atoms with Crippen LogP contribution in [0.1, 0.15) is 23.7 Å². The number of carboxylic acids is 1. The van der Waals surface area contributed by atoms with Crippen molar-refractivity contribution in [2.24, 2.45) is 0 Å². The molecule has 2 heterocycles. The SMILES string of the molecule is CCN(CC)CCc1nc(-c2ccc(CC(=O)O)s2)cs1. The van der Waals surface area contributed by atoms with Crippen LogP contribution in [0.25, 0.3) is 10.6 Å². The van der Waals surface area contributed by atoms with E-state index in [0.717, 1.165) is 46.5 Å². The number of aromatic nitrogens is 1. The van der Waals surface area contributed by atoms with Crippen molar-refractivity contribution in [3.8, 4) is 10.6 Å². The highest BCUT2D eigenvalue weighted by molar-refractivity contribution is 7.16. The van der Waals surface area contributed by atoms with Crippen LogP contribution in [0, 0.1) is 0 Å². The lowest BCUT2D eigenvalue weighted by Crippen LogP contribution is -2.25. The summed E-state index contributed by atoms with van der Waals surface area (Å²) in [6, 6.07) is 3.84. The minimum Gasteiger partial charge on any atom is -0.481 e. The number of hydrogen-bond acceptors (Lipinski definition) is 5. The van der Waals surface area contributed by atoms with E-state index in [0.29, 0.717) is 0 Å². The molecule has 21 heavy (non-hydrogen) atoms. The smallest absolute Gasteiger partial charge is 0.308 e. The van der Waals surface area contributed by atoms with Gasteiger partial charge in [0.05, 0.1) is 22.0 Å². The molecule has 0 aromatic carbocycles. The van der Waals surface area contributed by atoms with Gasteiger partial charge in [-0.1, -0.05) is 13.8 Å². The molecule has 0 saturated carbocycles. The number of hydrogen-bond donors (Lipinski definition) is 1. The van der Waals surface area contributed by atoms with Crippen LogP contribution in [0.2, 0.25) is 0 Å². The molecule has 0 aliphatic carbocycles. The van der Waals surface area contributed by atoms with Crippen molar-refractivity contribution in [1.29, 1.82) is 0 Å². The maximum Gasteiger partial charge on any atom is 0.308 e. The van der Waals surface area contributed by atoms with E-state index in [1.54, 1.807) is 11.3 Å². The second-order valence-corrected chi connectivity index (χ2v) is 6.85. The molecular formula is C15H20N2O2S2. The fourth-order valence-corrected chi connectivity index (χ4v) is 3.91. The third kappa shape index (κ3) is 4.62. The second-order valence-electron chi connectivity index (χ2n) is 4.74. The van der Waals surface area contributed by atoms with Crippen LogP contribution in [0.3, 0.4) is 0 Å². The molecule has 0 fully saturated rings. The Balaban J connectivity index is 1.99. The van der Waals surface area contributed by atoms with Gasteiger partial charge in [-0.2, -0.15) is 0 Å². The number of nitrogens with zero attached hydrogens (tertiary/aromatic N) is 2. The van der Waals surface area contributed by atoms with Crippen LogP contribution >= 0.6 is 22.7 Å². The summed E-state index contributed by atoms with van der Waals surface area (Å²) >= 11 is 3.20. The summed E-state index contributed by atoms with van der Waals surface area (Å²) in [6.45, 7) is 7.52. The first-order valence-corrected chi connectivity index (χ1v) is 8.79. The number of likely N-dealkylation sites (N-methyl/N-ethyl adjacent to an activating group) is 1. The first kappa shape index (κ1) is 16.1. The van der Waals surface area contributed by atoms with Gasteiger partial charge in [-0.15, -0.1) is 22.7 Å². The molecule has 0 aliphatic rings. The zero-order chi connectivity index (χ0) is 15.2. The molecule has 0 aliphatic heterocycles. The molecule has 0 spiro atoms. The van der Waals surface area contributed by atoms with Gasteiger partial charge < -0.3 is 10.0 Å². The summed E-state index contributed by atoms with van der Waals surface area (Å²) in [4.78, 5) is 19.7. The monoisotopic (exact) mass is 324 g/mol. The van der Waals surface area contributed by atoms with E-state index >= 15 is 0 Å². The molecule has 0 unspecified atom stereocenters. The summed E-state index contributed by atoms with van der Waals surface area (Å²) in [5.74, 6) is -0.790. The van der Waals surface area contributed by atoms with E-state index < -0.39 is 5.97 Å². The Morgan fingerprint density at radius 3 is 2.76 bits per heavy atom. The summed E-state index contributed by atoms with van der Waals surface area (Å²) in [7, 11) is 0. The van der Waals surface area contributed by atoms with Gasteiger partial charge in [0.2, 0.25) is 0 Å². The van der Waals surface area contributed by atoms with Crippen molar-refractivity contribution in [3.63, 3.8) is 0 Å². The van der Waals surface area contributed by atoms with Gasteiger partial charge in [0.25, 0.3) is 0 Å². The van der Waals surface area contributed by atoms with Gasteiger partial charge in [0.1, 0.15) is 0 Å². The number of rotatable bonds is 8. The number of carbonyl (C=O) groups is 1. The fraction of sp³-hybridized carbons (Fsp3) is 0.467. The molecule has 2 aromatic heterocycles. The lowest BCUT2D eigenvalue weighted by atomic mass is 10.3. The highest BCUT2D eigenvalue weighted by atomic mass is 32.1. The quantitative estimate of drug-likeness (QED) is 0.809. The van der Waals surface area contributed by atoms with Gasteiger partial charge in [-0.3, -0.25) is 4.79 Å². The Morgan fingerprint density at radius 2 is 2.10 bits per heavy atom. The second kappa shape index (κ2) is 7.68. The minimum atomic E-state index is -0.790. The lowest BCUT2D eigenvalue weighted by Gasteiger charge is -2.16. The predicted octanol–water partition coefficient (Wildman–Crippen LogP) is 3.38. The van der Waals surface area contributed by atoms with Crippen molar-refractivity contribution in [2.45, 2.75) is 26.7 Å². The molecule has 0 radical (unpaired) electrons. The summed E-state index contributed by atoms with van der Waals surface area (Å²) in [5, 5.41) is 12.0. The lowest BCUT2D eigenvalue weighted by molar-refractivity contribution is -0.136. The van der Waals surface area contributed by atoms with E-state index in [1.807, 2.05) is 12.1 Å². The fourth-order valence-electron chi connectivity index (χ4n) is 2.09. The summed E-state index contributed by atoms with van der Waals surface area (Å²) in [5.41, 5.74) is 0.969. The van der Waals surface area contributed by atoms with Crippen LogP contribution in [0.4, 0.5) is 0 Å². The number of aliphatic carboxylic acids is 1. The van der Waals surface area contributed by atoms with E-state index in [2.05, 4.69) is 29.1 Å². The van der Waals surface area contributed by atoms with Crippen LogP contribution < -0.4 is 0 Å². The predicted molar refractivity (Wildman–Crippen MR) is 88.3 cm³/mol. The standard InChI is InChI=1S/C15H20N2O2S2/c1-3-17(4-2)8-7-14-16-12(10-20-14)13-6-5-11(21-13)9-15(18)19/h5-6,10H,3-4,7-9H2,1-2H3,(H,18,19). The molecule has 0 saturated heterocycles. The van der Waals surface area contributed by atoms with Crippen molar-refractivity contribution in [1.82, 2.24) is 9.88 Å². The molecular weight excluding hydrogens is 304 g/mol. The first-order chi connectivity index (χ1) is 10.1. The van der Waals surface area contributed by atoms with Crippen LogP contribution in [-0.2, 0) is 17.6 Å². The average molecular weight is 324 g/mol. The Hall–Kier alpha value is -1.24. The van der Waals surface area contributed by atoms with E-state index in [9.17, 15) is 4.79 Å². The average Bonchev–Trinajstić information content (AvgIpc) is 3.08. The maximum absolute atomic E-state index is 10.7. The Bertz CT molecular complexity index is 588. The van der Waals surface area contributed by atoms with Crippen LogP contribution in [0.5, 0.6) is 0 Å². The normalized spacial score (nSPS) is 11.2. The Kier molecular flexibility index (Phi) is 5.90. The number of thiophene rings is 1. The van der Waals surface area contributed by atoms with Gasteiger partial charge >= 0.3 is 5.97 Å². The van der Waals surface area contributed by atoms with Gasteiger partial charge in [-0.05, 0) is 25.2 Å². The number of carboxylic acid groups (broad SMARTS) is 1. The molecule has 2 aromatic rings. The minimum absolute atomic E-state index is 0.0869. The Labute approximate surface area is 133 Å². The van der Waals surface area contributed by atoms with Crippen molar-refractivity contribution in [2.75, 3.05) is 19.6 Å². The van der Waals surface area contributed by atoms with Crippen LogP contribution in [-0.4, -0.2) is 40.6 Å². The third-order valence-corrected chi connectivity index (χ3v) is 5.34. The summed E-state index contributed by atoms with van der Waals surface area (Å²) in [6.07, 6.45) is 1.06. The van der Waals surface area contributed by atoms with Crippen LogP contribution in [0.15, 0.2) is 17.5 Å². The third-order valence-electron chi connectivity index (χ3n) is 3.33. The molecule has 4 nitrogen and oxygen atoms in total. The highest BCUT2D eigenvalue weighted by Gasteiger charge is 2.10. The van der Waals surface area contributed by atoms with Gasteiger partial charge in [0, 0.05) is 23.2 Å². The van der Waals surface area contributed by atoms with Gasteiger partial charge in [0.15, 0.2) is 0 Å². The topological polar surface area (TPSA) is 53.4 Å². The van der Waals surface area contributed by atoms with Crippen molar-refractivity contribution < 1.29 is 9.90 Å².